The Kier molecular flexibility index (Phi) is 7.50. The van der Waals surface area contributed by atoms with Gasteiger partial charge in [-0.2, -0.15) is 0 Å². The Labute approximate surface area is 154 Å². The van der Waals surface area contributed by atoms with E-state index in [1.54, 1.807) is 0 Å². The number of carbonyl (C=O) groups is 2. The Morgan fingerprint density at radius 3 is 1.44 bits per heavy atom. The zero-order chi connectivity index (χ0) is 20.3. The number of carbonyl (C=O) groups excluding carboxylic acids is 2. The molecule has 25 heavy (non-hydrogen) atoms. The lowest BCUT2D eigenvalue weighted by molar-refractivity contribution is -0.162. The number of esters is 2. The zero-order valence-electron chi connectivity index (χ0n) is 18.0. The van der Waals surface area contributed by atoms with Crippen molar-refractivity contribution in [3.8, 4) is 0 Å². The van der Waals surface area contributed by atoms with Crippen LogP contribution in [-0.4, -0.2) is 23.1 Å². The Bertz CT molecular complexity index is 499. The minimum atomic E-state index is -0.617. The molecule has 0 aliphatic carbocycles. The van der Waals surface area contributed by atoms with Crippen LogP contribution in [0.1, 0.15) is 88.5 Å². The largest absolute Gasteiger partial charge is 0.459 e. The van der Waals surface area contributed by atoms with Crippen molar-refractivity contribution in [1.29, 1.82) is 0 Å². The average Bonchev–Trinajstić information content (AvgIpc) is 2.18. The molecule has 0 radical (unpaired) electrons. The first kappa shape index (κ1) is 23.7. The van der Waals surface area contributed by atoms with Crippen molar-refractivity contribution in [2.75, 3.05) is 0 Å². The van der Waals surface area contributed by atoms with Crippen molar-refractivity contribution in [3.63, 3.8) is 0 Å². The third kappa shape index (κ3) is 11.8. The number of hydrogen-bond acceptors (Lipinski definition) is 4. The predicted molar refractivity (Wildman–Crippen MR) is 102 cm³/mol. The summed E-state index contributed by atoms with van der Waals surface area (Å²) in [4.78, 5) is 24.4. The van der Waals surface area contributed by atoms with Crippen LogP contribution < -0.4 is 0 Å². The zero-order valence-corrected chi connectivity index (χ0v) is 18.0. The predicted octanol–water partition coefficient (Wildman–Crippen LogP) is 5.45. The van der Waals surface area contributed by atoms with Crippen molar-refractivity contribution in [1.82, 2.24) is 0 Å². The van der Waals surface area contributed by atoms with Crippen LogP contribution in [0.4, 0.5) is 0 Å². The number of ether oxygens (including phenoxy) is 2. The molecular formula is C21H38O4. The molecule has 4 nitrogen and oxygen atoms in total. The molecule has 4 heteroatoms. The maximum atomic E-state index is 12.2. The second-order valence-corrected chi connectivity index (χ2v) is 10.6. The fourth-order valence-corrected chi connectivity index (χ4v) is 3.54. The van der Waals surface area contributed by atoms with Gasteiger partial charge in [0.2, 0.25) is 0 Å². The average molecular weight is 355 g/mol. The lowest BCUT2D eigenvalue weighted by Crippen LogP contribution is -2.35. The summed E-state index contributed by atoms with van der Waals surface area (Å²) in [5.41, 5.74) is -1.02. The normalized spacial score (nSPS) is 13.4. The van der Waals surface area contributed by atoms with Gasteiger partial charge < -0.3 is 9.47 Å². The Balaban J connectivity index is 4.68. The molecule has 146 valence electrons. The van der Waals surface area contributed by atoms with Gasteiger partial charge in [0.05, 0.1) is 6.42 Å². The Morgan fingerprint density at radius 1 is 0.720 bits per heavy atom. The first-order valence-electron chi connectivity index (χ1n) is 8.95. The van der Waals surface area contributed by atoms with Gasteiger partial charge in [0.15, 0.2) is 0 Å². The summed E-state index contributed by atoms with van der Waals surface area (Å²) in [6.07, 6.45) is 1.28. The quantitative estimate of drug-likeness (QED) is 0.451. The molecule has 0 saturated carbocycles. The molecule has 0 saturated heterocycles. The number of hydrogen-bond donors (Lipinski definition) is 0. The first-order chi connectivity index (χ1) is 10.8. The topological polar surface area (TPSA) is 52.6 Å². The van der Waals surface area contributed by atoms with Crippen LogP contribution in [0, 0.1) is 10.8 Å². The highest BCUT2D eigenvalue weighted by Crippen LogP contribution is 2.31. The smallest absolute Gasteiger partial charge is 0.334 e. The van der Waals surface area contributed by atoms with Gasteiger partial charge in [-0.1, -0.05) is 48.1 Å². The second kappa shape index (κ2) is 7.92. The highest BCUT2D eigenvalue weighted by Gasteiger charge is 2.32. The number of rotatable bonds is 7. The van der Waals surface area contributed by atoms with Gasteiger partial charge in [0.1, 0.15) is 11.2 Å². The fraction of sp³-hybridized carbons (Fsp3) is 0.810. The lowest BCUT2D eigenvalue weighted by Gasteiger charge is -2.33. The van der Waals surface area contributed by atoms with Crippen molar-refractivity contribution in [3.05, 3.63) is 12.2 Å². The summed E-state index contributed by atoms with van der Waals surface area (Å²) >= 11 is 0. The summed E-state index contributed by atoms with van der Waals surface area (Å²) < 4.78 is 11.1. The van der Waals surface area contributed by atoms with Crippen LogP contribution in [0.3, 0.4) is 0 Å². The van der Waals surface area contributed by atoms with Crippen LogP contribution in [0.15, 0.2) is 12.2 Å². The SMILES string of the molecule is C=C(CC(=O)OC(C)(C)CC(C)(C)C)C(=O)OC(C)(C)CC(C)(C)C. The maximum absolute atomic E-state index is 12.2. The molecule has 0 bridgehead atoms. The van der Waals surface area contributed by atoms with E-state index < -0.39 is 23.1 Å². The van der Waals surface area contributed by atoms with Gasteiger partial charge in [0.25, 0.3) is 0 Å². The molecule has 0 rings (SSSR count). The van der Waals surface area contributed by atoms with Crippen LogP contribution in [0.5, 0.6) is 0 Å². The van der Waals surface area contributed by atoms with E-state index in [4.69, 9.17) is 9.47 Å². The van der Waals surface area contributed by atoms with E-state index in [1.807, 2.05) is 27.7 Å². The minimum absolute atomic E-state index is 0.0288. The molecule has 0 heterocycles. The molecule has 0 unspecified atom stereocenters. The van der Waals surface area contributed by atoms with Gasteiger partial charge in [0, 0.05) is 5.57 Å². The van der Waals surface area contributed by atoms with E-state index in [0.717, 1.165) is 6.42 Å². The summed E-state index contributed by atoms with van der Waals surface area (Å²) in [5, 5.41) is 0. The Morgan fingerprint density at radius 2 is 1.08 bits per heavy atom. The first-order valence-corrected chi connectivity index (χ1v) is 8.95. The summed E-state index contributed by atoms with van der Waals surface area (Å²) in [5.74, 6) is -0.996. The van der Waals surface area contributed by atoms with Crippen molar-refractivity contribution in [2.24, 2.45) is 10.8 Å². The summed E-state index contributed by atoms with van der Waals surface area (Å²) in [6.45, 7) is 23.7. The second-order valence-electron chi connectivity index (χ2n) is 10.6. The van der Waals surface area contributed by atoms with Gasteiger partial charge in [-0.15, -0.1) is 0 Å². The summed E-state index contributed by atoms with van der Waals surface area (Å²) in [7, 11) is 0. The standard InChI is InChI=1S/C21H38O4/c1-15(17(23)25-21(10,11)14-19(5,6)7)12-16(22)24-20(8,9)13-18(2,3)4/h1,12-14H2,2-11H3. The van der Waals surface area contributed by atoms with E-state index in [9.17, 15) is 9.59 Å². The van der Waals surface area contributed by atoms with Gasteiger partial charge in [-0.3, -0.25) is 4.79 Å². The monoisotopic (exact) mass is 354 g/mol. The third-order valence-electron chi connectivity index (χ3n) is 3.32. The van der Waals surface area contributed by atoms with Crippen LogP contribution in [-0.2, 0) is 19.1 Å². The minimum Gasteiger partial charge on any atom is -0.459 e. The third-order valence-corrected chi connectivity index (χ3v) is 3.32. The highest BCUT2D eigenvalue weighted by molar-refractivity contribution is 5.93. The van der Waals surface area contributed by atoms with E-state index in [2.05, 4.69) is 48.1 Å². The van der Waals surface area contributed by atoms with Crippen LogP contribution >= 0.6 is 0 Å². The van der Waals surface area contributed by atoms with E-state index in [-0.39, 0.29) is 22.8 Å². The summed E-state index contributed by atoms with van der Waals surface area (Å²) in [6, 6.07) is 0. The molecule has 0 aromatic carbocycles. The van der Waals surface area contributed by atoms with E-state index in [0.29, 0.717) is 6.42 Å². The highest BCUT2D eigenvalue weighted by atomic mass is 16.6. The molecule has 0 fully saturated rings. The molecule has 0 aliphatic rings. The Hall–Kier alpha value is -1.32. The molecule has 0 atom stereocenters. The molecule has 0 spiro atoms. The molecule has 0 aliphatic heterocycles. The van der Waals surface area contributed by atoms with Gasteiger partial charge >= 0.3 is 11.9 Å². The lowest BCUT2D eigenvalue weighted by atomic mass is 9.83. The van der Waals surface area contributed by atoms with Crippen molar-refractivity contribution < 1.29 is 19.1 Å². The van der Waals surface area contributed by atoms with Gasteiger partial charge in [-0.05, 0) is 51.4 Å². The molecule has 0 amide bonds. The molecule has 0 N–H and O–H groups in total. The van der Waals surface area contributed by atoms with E-state index in [1.165, 1.54) is 0 Å². The van der Waals surface area contributed by atoms with Crippen molar-refractivity contribution >= 4 is 11.9 Å². The van der Waals surface area contributed by atoms with E-state index >= 15 is 0 Å². The molecule has 0 aromatic rings. The fourth-order valence-electron chi connectivity index (χ4n) is 3.54. The van der Waals surface area contributed by atoms with Gasteiger partial charge in [-0.25, -0.2) is 4.79 Å². The van der Waals surface area contributed by atoms with Crippen molar-refractivity contribution in [2.45, 2.75) is 99.7 Å². The molecular weight excluding hydrogens is 316 g/mol. The van der Waals surface area contributed by atoms with Crippen LogP contribution in [0.2, 0.25) is 0 Å². The van der Waals surface area contributed by atoms with Crippen LogP contribution in [0.25, 0.3) is 0 Å². The maximum Gasteiger partial charge on any atom is 0.334 e. The molecule has 0 aromatic heterocycles.